The molecule has 0 aromatic heterocycles. The quantitative estimate of drug-likeness (QED) is 0.623. The van der Waals surface area contributed by atoms with E-state index in [9.17, 15) is 18.0 Å². The SMILES string of the molecule is CSc1cccc(NC(=O)C2CCN(S(=O)(=O)c3cc4c(cc3C)NC(=O)[C@@H](C)O4)CC2)c1. The van der Waals surface area contributed by atoms with Crippen LogP contribution in [0, 0.1) is 12.8 Å². The number of anilines is 2. The van der Waals surface area contributed by atoms with Crippen molar-refractivity contribution in [1.29, 1.82) is 0 Å². The van der Waals surface area contributed by atoms with Crippen LogP contribution in [0.15, 0.2) is 46.2 Å². The Bertz CT molecular complexity index is 1190. The number of aryl methyl sites for hydroxylation is 1. The zero-order valence-electron chi connectivity index (χ0n) is 18.8. The lowest BCUT2D eigenvalue weighted by molar-refractivity contribution is -0.123. The maximum absolute atomic E-state index is 13.4. The van der Waals surface area contributed by atoms with Crippen molar-refractivity contribution in [3.8, 4) is 5.75 Å². The van der Waals surface area contributed by atoms with Gasteiger partial charge in [-0.2, -0.15) is 4.31 Å². The molecule has 0 radical (unpaired) electrons. The largest absolute Gasteiger partial charge is 0.479 e. The molecule has 0 bridgehead atoms. The van der Waals surface area contributed by atoms with Gasteiger partial charge in [-0.1, -0.05) is 6.07 Å². The number of carbonyl (C=O) groups is 2. The molecule has 2 N–H and O–H groups in total. The molecule has 1 fully saturated rings. The van der Waals surface area contributed by atoms with E-state index in [0.29, 0.717) is 29.8 Å². The van der Waals surface area contributed by atoms with Crippen LogP contribution in [-0.4, -0.2) is 50.0 Å². The number of ether oxygens (including phenoxy) is 1. The van der Waals surface area contributed by atoms with E-state index in [1.807, 2.05) is 30.5 Å². The zero-order chi connectivity index (χ0) is 23.8. The number of piperidine rings is 1. The van der Waals surface area contributed by atoms with Gasteiger partial charge in [-0.15, -0.1) is 11.8 Å². The highest BCUT2D eigenvalue weighted by Crippen LogP contribution is 2.36. The van der Waals surface area contributed by atoms with Crippen LogP contribution in [0.5, 0.6) is 5.75 Å². The molecule has 1 atom stereocenters. The zero-order valence-corrected chi connectivity index (χ0v) is 20.4. The van der Waals surface area contributed by atoms with Gasteiger partial charge in [-0.25, -0.2) is 8.42 Å². The number of rotatable bonds is 5. The van der Waals surface area contributed by atoms with Crippen molar-refractivity contribution in [2.75, 3.05) is 30.0 Å². The number of thioether (sulfide) groups is 1. The Morgan fingerprint density at radius 2 is 1.94 bits per heavy atom. The second kappa shape index (κ2) is 9.36. The van der Waals surface area contributed by atoms with E-state index in [2.05, 4.69) is 10.6 Å². The minimum Gasteiger partial charge on any atom is -0.479 e. The van der Waals surface area contributed by atoms with Crippen LogP contribution in [0.25, 0.3) is 0 Å². The normalized spacial score (nSPS) is 19.4. The molecule has 1 saturated heterocycles. The Balaban J connectivity index is 1.44. The topological polar surface area (TPSA) is 105 Å². The highest BCUT2D eigenvalue weighted by atomic mass is 32.2. The fraction of sp³-hybridized carbons (Fsp3) is 0.391. The third-order valence-electron chi connectivity index (χ3n) is 5.99. The van der Waals surface area contributed by atoms with Gasteiger partial charge in [0.15, 0.2) is 6.10 Å². The van der Waals surface area contributed by atoms with Gasteiger partial charge in [0.25, 0.3) is 5.91 Å². The summed E-state index contributed by atoms with van der Waals surface area (Å²) < 4.78 is 33.7. The second-order valence-corrected chi connectivity index (χ2v) is 11.0. The number of benzene rings is 2. The summed E-state index contributed by atoms with van der Waals surface area (Å²) in [5.74, 6) is -0.266. The molecular formula is C23H27N3O5S2. The van der Waals surface area contributed by atoms with Gasteiger partial charge in [-0.3, -0.25) is 9.59 Å². The predicted molar refractivity (Wildman–Crippen MR) is 128 cm³/mol. The number of hydrogen-bond donors (Lipinski definition) is 2. The van der Waals surface area contributed by atoms with Crippen molar-refractivity contribution < 1.29 is 22.7 Å². The molecule has 0 unspecified atom stereocenters. The number of fused-ring (bicyclic) bond motifs is 1. The fourth-order valence-electron chi connectivity index (χ4n) is 4.06. The van der Waals surface area contributed by atoms with E-state index in [1.54, 1.807) is 31.7 Å². The van der Waals surface area contributed by atoms with Crippen LogP contribution >= 0.6 is 11.8 Å². The second-order valence-electron chi connectivity index (χ2n) is 8.26. The van der Waals surface area contributed by atoms with Crippen LogP contribution in [0.1, 0.15) is 25.3 Å². The number of nitrogens with one attached hydrogen (secondary N) is 2. The Morgan fingerprint density at radius 1 is 1.21 bits per heavy atom. The standard InChI is InChI=1S/C23H27N3O5S2/c1-14-11-19-20(31-15(2)22(27)25-19)13-21(14)33(29,30)26-9-7-16(8-10-26)23(28)24-17-5-4-6-18(12-17)32-3/h4-6,11-13,15-16H,7-10H2,1-3H3,(H,24,28)(H,25,27)/t15-/m1/s1. The molecule has 0 saturated carbocycles. The van der Waals surface area contributed by atoms with Gasteiger partial charge in [0.05, 0.1) is 10.6 Å². The van der Waals surface area contributed by atoms with E-state index in [-0.39, 0.29) is 35.7 Å². The summed E-state index contributed by atoms with van der Waals surface area (Å²) in [6, 6.07) is 10.7. The first kappa shape index (κ1) is 23.6. The van der Waals surface area contributed by atoms with E-state index in [4.69, 9.17) is 4.74 Å². The van der Waals surface area contributed by atoms with Crippen molar-refractivity contribution in [2.45, 2.75) is 42.6 Å². The summed E-state index contributed by atoms with van der Waals surface area (Å²) in [5, 5.41) is 5.69. The highest BCUT2D eigenvalue weighted by molar-refractivity contribution is 7.98. The lowest BCUT2D eigenvalue weighted by atomic mass is 9.97. The molecular weight excluding hydrogens is 462 g/mol. The minimum atomic E-state index is -3.77. The van der Waals surface area contributed by atoms with Gasteiger partial charge in [-0.05, 0) is 62.8 Å². The molecule has 33 heavy (non-hydrogen) atoms. The van der Waals surface area contributed by atoms with Crippen molar-refractivity contribution in [1.82, 2.24) is 4.31 Å². The molecule has 176 valence electrons. The fourth-order valence-corrected chi connectivity index (χ4v) is 6.21. The highest BCUT2D eigenvalue weighted by Gasteiger charge is 2.34. The van der Waals surface area contributed by atoms with Crippen molar-refractivity contribution in [3.05, 3.63) is 42.0 Å². The molecule has 4 rings (SSSR count). The summed E-state index contributed by atoms with van der Waals surface area (Å²) in [5.41, 5.74) is 1.74. The summed E-state index contributed by atoms with van der Waals surface area (Å²) in [4.78, 5) is 25.8. The Hall–Kier alpha value is -2.56. The van der Waals surface area contributed by atoms with Crippen LogP contribution in [0.4, 0.5) is 11.4 Å². The van der Waals surface area contributed by atoms with Crippen LogP contribution in [0.3, 0.4) is 0 Å². The molecule has 2 aromatic carbocycles. The van der Waals surface area contributed by atoms with Crippen LogP contribution in [0.2, 0.25) is 0 Å². The van der Waals surface area contributed by atoms with E-state index < -0.39 is 16.1 Å². The third-order valence-corrected chi connectivity index (χ3v) is 8.75. The van der Waals surface area contributed by atoms with Crippen LogP contribution < -0.4 is 15.4 Å². The third kappa shape index (κ3) is 4.87. The molecule has 2 aliphatic heterocycles. The number of carbonyl (C=O) groups excluding carboxylic acids is 2. The lowest BCUT2D eigenvalue weighted by Crippen LogP contribution is -2.41. The van der Waals surface area contributed by atoms with Gasteiger partial charge in [0.1, 0.15) is 5.75 Å². The summed E-state index contributed by atoms with van der Waals surface area (Å²) >= 11 is 1.60. The van der Waals surface area contributed by atoms with Crippen LogP contribution in [-0.2, 0) is 19.6 Å². The van der Waals surface area contributed by atoms with E-state index >= 15 is 0 Å². The molecule has 2 aromatic rings. The smallest absolute Gasteiger partial charge is 0.265 e. The molecule has 8 nitrogen and oxygen atoms in total. The summed E-state index contributed by atoms with van der Waals surface area (Å²) in [7, 11) is -3.77. The molecule has 0 spiro atoms. The Labute approximate surface area is 198 Å². The van der Waals surface area contributed by atoms with Gasteiger partial charge < -0.3 is 15.4 Å². The average Bonchev–Trinajstić information content (AvgIpc) is 2.80. The molecule has 2 aliphatic rings. The van der Waals surface area contributed by atoms with Crippen molar-refractivity contribution >= 4 is 45.0 Å². The summed E-state index contributed by atoms with van der Waals surface area (Å²) in [6.07, 6.45) is 2.17. The van der Waals surface area contributed by atoms with Gasteiger partial charge >= 0.3 is 0 Å². The maximum Gasteiger partial charge on any atom is 0.265 e. The average molecular weight is 490 g/mol. The maximum atomic E-state index is 13.4. The minimum absolute atomic E-state index is 0.0895. The van der Waals surface area contributed by atoms with Gasteiger partial charge in [0.2, 0.25) is 15.9 Å². The molecule has 10 heteroatoms. The van der Waals surface area contributed by atoms with Gasteiger partial charge in [0, 0.05) is 35.7 Å². The van der Waals surface area contributed by atoms with E-state index in [1.165, 1.54) is 10.4 Å². The first-order valence-corrected chi connectivity index (χ1v) is 13.4. The molecule has 0 aliphatic carbocycles. The monoisotopic (exact) mass is 489 g/mol. The summed E-state index contributed by atoms with van der Waals surface area (Å²) in [6.45, 7) is 3.82. The van der Waals surface area contributed by atoms with Crippen molar-refractivity contribution in [2.24, 2.45) is 5.92 Å². The lowest BCUT2D eigenvalue weighted by Gasteiger charge is -2.31. The first-order chi connectivity index (χ1) is 15.7. The molecule has 2 heterocycles. The number of nitrogens with zero attached hydrogens (tertiary/aromatic N) is 1. The Morgan fingerprint density at radius 3 is 2.64 bits per heavy atom. The van der Waals surface area contributed by atoms with E-state index in [0.717, 1.165) is 10.6 Å². The predicted octanol–water partition coefficient (Wildman–Crippen LogP) is 3.48. The number of amides is 2. The first-order valence-electron chi connectivity index (χ1n) is 10.8. The Kier molecular flexibility index (Phi) is 6.69. The number of hydrogen-bond acceptors (Lipinski definition) is 6. The van der Waals surface area contributed by atoms with Crippen molar-refractivity contribution in [3.63, 3.8) is 0 Å². The molecule has 2 amide bonds. The number of sulfonamides is 1.